The van der Waals surface area contributed by atoms with Crippen molar-refractivity contribution >= 4 is 32.8 Å². The molecular weight excluding hydrogens is 432 g/mol. The van der Waals surface area contributed by atoms with E-state index in [1.165, 1.54) is 18.4 Å². The van der Waals surface area contributed by atoms with E-state index < -0.39 is 5.79 Å². The molecule has 3 heterocycles. The highest BCUT2D eigenvalue weighted by Gasteiger charge is 2.31. The van der Waals surface area contributed by atoms with Crippen LogP contribution in [0.1, 0.15) is 45.0 Å². The number of aromatic nitrogens is 3. The average molecular weight is 461 g/mol. The van der Waals surface area contributed by atoms with E-state index in [2.05, 4.69) is 49.6 Å². The van der Waals surface area contributed by atoms with Crippen LogP contribution in [0.25, 0.3) is 11.0 Å². The lowest BCUT2D eigenvalue weighted by Gasteiger charge is -2.16. The molecule has 1 aromatic carbocycles. The van der Waals surface area contributed by atoms with E-state index >= 15 is 0 Å². The third kappa shape index (κ3) is 4.66. The van der Waals surface area contributed by atoms with Crippen molar-refractivity contribution in [3.8, 4) is 11.5 Å². The van der Waals surface area contributed by atoms with Crippen LogP contribution in [0.3, 0.4) is 0 Å². The van der Waals surface area contributed by atoms with Crippen molar-refractivity contribution in [3.05, 3.63) is 40.3 Å². The number of imidazole rings is 1. The summed E-state index contributed by atoms with van der Waals surface area (Å²) in [5, 5.41) is 3.08. The summed E-state index contributed by atoms with van der Waals surface area (Å²) in [6.07, 6.45) is 4.21. The molecule has 0 saturated carbocycles. The van der Waals surface area contributed by atoms with Gasteiger partial charge in [0.2, 0.25) is 5.79 Å². The fourth-order valence-corrected chi connectivity index (χ4v) is 3.62. The largest absolute Gasteiger partial charge is 0.449 e. The van der Waals surface area contributed by atoms with Gasteiger partial charge >= 0.3 is 0 Å². The van der Waals surface area contributed by atoms with Crippen molar-refractivity contribution in [3.63, 3.8) is 0 Å². The first-order valence-electron chi connectivity index (χ1n) is 9.93. The van der Waals surface area contributed by atoms with Crippen LogP contribution in [-0.4, -0.2) is 27.4 Å². The molecule has 6 nitrogen and oxygen atoms in total. The number of nitrogens with one attached hydrogen (secondary N) is 1. The number of nitrogens with zero attached hydrogens (tertiary/aromatic N) is 3. The molecule has 0 fully saturated rings. The molecule has 1 aliphatic rings. The zero-order valence-electron chi connectivity index (χ0n) is 18.0. The Morgan fingerprint density at radius 3 is 2.52 bits per heavy atom. The van der Waals surface area contributed by atoms with E-state index in [9.17, 15) is 0 Å². The van der Waals surface area contributed by atoms with Crippen LogP contribution in [0.15, 0.2) is 28.9 Å². The van der Waals surface area contributed by atoms with Gasteiger partial charge in [-0.25, -0.2) is 9.97 Å². The first-order chi connectivity index (χ1) is 13.8. The number of benzene rings is 1. The molecule has 156 valence electrons. The number of halogens is 1. The second kappa shape index (κ2) is 8.61. The predicted molar refractivity (Wildman–Crippen MR) is 121 cm³/mol. The Balaban J connectivity index is 0.000000169. The first-order valence-corrected chi connectivity index (χ1v) is 10.7. The molecule has 0 saturated heterocycles. The summed E-state index contributed by atoms with van der Waals surface area (Å²) in [7, 11) is 1.88. The quantitative estimate of drug-likeness (QED) is 0.529. The maximum atomic E-state index is 5.59. The summed E-state index contributed by atoms with van der Waals surface area (Å²) in [5.41, 5.74) is 3.30. The summed E-state index contributed by atoms with van der Waals surface area (Å²) in [4.78, 5) is 8.85. The Kier molecular flexibility index (Phi) is 6.36. The number of ether oxygens (including phenoxy) is 2. The van der Waals surface area contributed by atoms with Gasteiger partial charge in [0.1, 0.15) is 11.3 Å². The fourth-order valence-electron chi connectivity index (χ4n) is 3.30. The molecule has 0 aliphatic carbocycles. The van der Waals surface area contributed by atoms with Crippen LogP contribution in [0.5, 0.6) is 11.5 Å². The minimum Gasteiger partial charge on any atom is -0.449 e. The van der Waals surface area contributed by atoms with Gasteiger partial charge in [-0.1, -0.05) is 29.3 Å². The zero-order valence-corrected chi connectivity index (χ0v) is 19.6. The van der Waals surface area contributed by atoms with Crippen molar-refractivity contribution in [1.29, 1.82) is 0 Å². The molecule has 0 unspecified atom stereocenters. The van der Waals surface area contributed by atoms with Gasteiger partial charge in [-0.2, -0.15) is 0 Å². The van der Waals surface area contributed by atoms with Crippen molar-refractivity contribution in [1.82, 2.24) is 14.5 Å². The lowest BCUT2D eigenvalue weighted by Crippen LogP contribution is -2.29. The summed E-state index contributed by atoms with van der Waals surface area (Å²) in [6, 6.07) is 5.96. The monoisotopic (exact) mass is 460 g/mol. The van der Waals surface area contributed by atoms with Gasteiger partial charge in [0, 0.05) is 38.1 Å². The molecule has 0 bridgehead atoms. The van der Waals surface area contributed by atoms with Gasteiger partial charge in [-0.3, -0.25) is 0 Å². The average Bonchev–Trinajstić information content (AvgIpc) is 3.14. The number of hydrogen-bond acceptors (Lipinski definition) is 5. The normalized spacial score (nSPS) is 13.9. The summed E-state index contributed by atoms with van der Waals surface area (Å²) < 4.78 is 14.5. The number of anilines is 1. The number of rotatable bonds is 4. The Morgan fingerprint density at radius 2 is 1.86 bits per heavy atom. The standard InChI is InChI=1S/C12H18N4.C10H11BrO2/c1-4-5-8-16-9(2)15-11-10(16)6-7-14-12(11)13-3;1-6-4-8-9(5-7(6)11)13-10(2,3)12-8/h6-7H,4-5,8H2,1-3H3,(H,13,14);4-5H,1-3H3. The number of unbranched alkanes of at least 4 members (excludes halogenated alkanes) is 1. The van der Waals surface area contributed by atoms with Gasteiger partial charge < -0.3 is 19.4 Å². The van der Waals surface area contributed by atoms with Crippen molar-refractivity contribution in [2.45, 2.75) is 59.8 Å². The molecule has 0 atom stereocenters. The SMILES string of the molecule is CCCCn1c(C)nc2c(NC)nccc21.Cc1cc2c(cc1Br)OC(C)(C)O2. The van der Waals surface area contributed by atoms with Crippen LogP contribution in [0, 0.1) is 13.8 Å². The molecule has 2 aromatic heterocycles. The summed E-state index contributed by atoms with van der Waals surface area (Å²) in [6.45, 7) is 11.1. The van der Waals surface area contributed by atoms with E-state index in [1.54, 1.807) is 0 Å². The highest BCUT2D eigenvalue weighted by atomic mass is 79.9. The zero-order chi connectivity index (χ0) is 21.2. The molecule has 1 aliphatic heterocycles. The van der Waals surface area contributed by atoms with Crippen LogP contribution in [0.2, 0.25) is 0 Å². The Hall–Kier alpha value is -2.28. The molecule has 0 spiro atoms. The fraction of sp³-hybridized carbons (Fsp3) is 0.455. The molecular formula is C22H29BrN4O2. The minimum atomic E-state index is -0.532. The molecule has 3 aromatic rings. The van der Waals surface area contributed by atoms with Crippen LogP contribution < -0.4 is 14.8 Å². The van der Waals surface area contributed by atoms with E-state index in [0.29, 0.717) is 0 Å². The van der Waals surface area contributed by atoms with Gasteiger partial charge in [-0.05, 0) is 44.0 Å². The van der Waals surface area contributed by atoms with Gasteiger partial charge in [0.25, 0.3) is 0 Å². The topological polar surface area (TPSA) is 61.2 Å². The van der Waals surface area contributed by atoms with Gasteiger partial charge in [0.05, 0.1) is 5.52 Å². The second-order valence-corrected chi connectivity index (χ2v) is 8.45. The number of aryl methyl sites for hydroxylation is 3. The third-order valence-corrected chi connectivity index (χ3v) is 5.62. The summed E-state index contributed by atoms with van der Waals surface area (Å²) in [5.74, 6) is 3.02. The maximum absolute atomic E-state index is 5.59. The van der Waals surface area contributed by atoms with Gasteiger partial charge in [0.15, 0.2) is 17.3 Å². The molecule has 4 rings (SSSR count). The Labute approximate surface area is 180 Å². The third-order valence-electron chi connectivity index (χ3n) is 4.77. The Bertz CT molecular complexity index is 981. The molecule has 7 heteroatoms. The lowest BCUT2D eigenvalue weighted by molar-refractivity contribution is -0.0431. The number of hydrogen-bond donors (Lipinski definition) is 1. The smallest absolute Gasteiger partial charge is 0.246 e. The predicted octanol–water partition coefficient (Wildman–Crippen LogP) is 5.85. The van der Waals surface area contributed by atoms with E-state index in [1.807, 2.05) is 52.2 Å². The van der Waals surface area contributed by atoms with Crippen molar-refractivity contribution < 1.29 is 9.47 Å². The number of pyridine rings is 1. The second-order valence-electron chi connectivity index (χ2n) is 7.59. The molecule has 29 heavy (non-hydrogen) atoms. The minimum absolute atomic E-state index is 0.532. The Morgan fingerprint density at radius 1 is 1.17 bits per heavy atom. The molecule has 0 amide bonds. The molecule has 0 radical (unpaired) electrons. The van der Waals surface area contributed by atoms with Crippen LogP contribution in [0.4, 0.5) is 5.82 Å². The van der Waals surface area contributed by atoms with Crippen LogP contribution >= 0.6 is 15.9 Å². The van der Waals surface area contributed by atoms with Crippen LogP contribution in [-0.2, 0) is 6.54 Å². The highest BCUT2D eigenvalue weighted by molar-refractivity contribution is 9.10. The summed E-state index contributed by atoms with van der Waals surface area (Å²) >= 11 is 3.45. The number of fused-ring (bicyclic) bond motifs is 2. The highest BCUT2D eigenvalue weighted by Crippen LogP contribution is 2.42. The lowest BCUT2D eigenvalue weighted by atomic mass is 10.2. The van der Waals surface area contributed by atoms with E-state index in [-0.39, 0.29) is 0 Å². The molecule has 1 N–H and O–H groups in total. The van der Waals surface area contributed by atoms with Crippen molar-refractivity contribution in [2.24, 2.45) is 0 Å². The first kappa shape index (κ1) is 21.4. The van der Waals surface area contributed by atoms with E-state index in [0.717, 1.165) is 45.2 Å². The maximum Gasteiger partial charge on any atom is 0.246 e. The van der Waals surface area contributed by atoms with Crippen molar-refractivity contribution in [2.75, 3.05) is 12.4 Å². The van der Waals surface area contributed by atoms with E-state index in [4.69, 9.17) is 9.47 Å². The van der Waals surface area contributed by atoms with Gasteiger partial charge in [-0.15, -0.1) is 0 Å².